The lowest BCUT2D eigenvalue weighted by atomic mass is 9.83. The van der Waals surface area contributed by atoms with Crippen LogP contribution in [0.25, 0.3) is 0 Å². The Bertz CT molecular complexity index is 826. The highest BCUT2D eigenvalue weighted by atomic mass is 16.5. The zero-order valence-corrected chi connectivity index (χ0v) is 20.8. The summed E-state index contributed by atoms with van der Waals surface area (Å²) in [6, 6.07) is 7.22. The first-order valence-electron chi connectivity index (χ1n) is 12.9. The topological polar surface area (TPSA) is 77.1 Å². The maximum atomic E-state index is 13.6. The van der Waals surface area contributed by atoms with Crippen molar-refractivity contribution in [3.05, 3.63) is 46.5 Å². The van der Waals surface area contributed by atoms with Crippen LogP contribution in [0.5, 0.6) is 0 Å². The molecule has 0 aromatic heterocycles. The van der Waals surface area contributed by atoms with Gasteiger partial charge in [-0.15, -0.1) is 0 Å². The number of morpholine rings is 1. The summed E-state index contributed by atoms with van der Waals surface area (Å²) in [5.41, 5.74) is 3.44. The van der Waals surface area contributed by atoms with E-state index in [9.17, 15) is 9.59 Å². The molecule has 2 heterocycles. The van der Waals surface area contributed by atoms with Gasteiger partial charge in [0.2, 0.25) is 0 Å². The van der Waals surface area contributed by atoms with Gasteiger partial charge < -0.3 is 24.4 Å². The van der Waals surface area contributed by atoms with Crippen LogP contribution in [-0.2, 0) is 25.6 Å². The molecule has 0 spiro atoms. The normalized spacial score (nSPS) is 22.2. The van der Waals surface area contributed by atoms with E-state index in [1.807, 2.05) is 43.0 Å². The predicted molar refractivity (Wildman–Crippen MR) is 132 cm³/mol. The van der Waals surface area contributed by atoms with Gasteiger partial charge in [-0.3, -0.25) is 9.59 Å². The second-order valence-electron chi connectivity index (χ2n) is 8.62. The predicted octanol–water partition coefficient (Wildman–Crippen LogP) is 3.87. The molecule has 7 nitrogen and oxygen atoms in total. The molecule has 1 unspecified atom stereocenters. The quantitative estimate of drug-likeness (QED) is 0.662. The number of carbonyl (C=O) groups is 2. The number of benzene rings is 1. The van der Waals surface area contributed by atoms with Crippen molar-refractivity contribution in [3.63, 3.8) is 0 Å². The van der Waals surface area contributed by atoms with Crippen LogP contribution >= 0.6 is 0 Å². The Morgan fingerprint density at radius 3 is 2.35 bits per heavy atom. The molecule has 34 heavy (non-hydrogen) atoms. The maximum Gasteiger partial charge on any atom is 0.252 e. The van der Waals surface area contributed by atoms with E-state index in [2.05, 4.69) is 5.32 Å². The van der Waals surface area contributed by atoms with E-state index in [-0.39, 0.29) is 17.9 Å². The van der Waals surface area contributed by atoms with E-state index in [4.69, 9.17) is 14.2 Å². The van der Waals surface area contributed by atoms with Gasteiger partial charge in [0.1, 0.15) is 0 Å². The van der Waals surface area contributed by atoms with Crippen LogP contribution in [0.4, 0.5) is 0 Å². The molecule has 3 aliphatic rings. The molecule has 1 saturated heterocycles. The second-order valence-corrected chi connectivity index (χ2v) is 8.62. The van der Waals surface area contributed by atoms with Crippen LogP contribution in [0.2, 0.25) is 0 Å². The number of hydrogen-bond donors (Lipinski definition) is 1. The summed E-state index contributed by atoms with van der Waals surface area (Å²) >= 11 is 0. The number of amides is 2. The van der Waals surface area contributed by atoms with Crippen LogP contribution in [-0.4, -0.2) is 68.9 Å². The van der Waals surface area contributed by atoms with Crippen molar-refractivity contribution in [2.75, 3.05) is 46.1 Å². The van der Waals surface area contributed by atoms with Crippen LogP contribution in [0.1, 0.15) is 68.3 Å². The third kappa shape index (κ3) is 7.14. The SMILES string of the molecule is CC.O=C1NC(C(C(=O)N2CCOCC2)=C2CCC2)CCCCOCCOCc2ccccc21. The lowest BCUT2D eigenvalue weighted by Gasteiger charge is -2.34. The van der Waals surface area contributed by atoms with Gasteiger partial charge in [-0.25, -0.2) is 0 Å². The summed E-state index contributed by atoms with van der Waals surface area (Å²) in [6.07, 6.45) is 5.46. The largest absolute Gasteiger partial charge is 0.379 e. The summed E-state index contributed by atoms with van der Waals surface area (Å²) in [5, 5.41) is 3.22. The Balaban J connectivity index is 0.00000158. The first-order chi connectivity index (χ1) is 16.7. The van der Waals surface area contributed by atoms with Gasteiger partial charge in [-0.05, 0) is 50.2 Å². The smallest absolute Gasteiger partial charge is 0.252 e. The summed E-state index contributed by atoms with van der Waals surface area (Å²) in [7, 11) is 0. The van der Waals surface area contributed by atoms with Crippen molar-refractivity contribution in [2.24, 2.45) is 0 Å². The summed E-state index contributed by atoms with van der Waals surface area (Å²) < 4.78 is 16.9. The van der Waals surface area contributed by atoms with E-state index in [1.165, 1.54) is 5.57 Å². The third-order valence-electron chi connectivity index (χ3n) is 6.44. The van der Waals surface area contributed by atoms with E-state index in [1.54, 1.807) is 0 Å². The van der Waals surface area contributed by atoms with Gasteiger partial charge in [0.25, 0.3) is 11.8 Å². The minimum absolute atomic E-state index is 0.0577. The van der Waals surface area contributed by atoms with Crippen molar-refractivity contribution in [3.8, 4) is 0 Å². The zero-order chi connectivity index (χ0) is 24.2. The van der Waals surface area contributed by atoms with E-state index in [0.717, 1.165) is 49.7 Å². The molecule has 1 aliphatic carbocycles. The van der Waals surface area contributed by atoms with Crippen molar-refractivity contribution in [1.82, 2.24) is 10.2 Å². The first kappa shape index (κ1) is 26.4. The van der Waals surface area contributed by atoms with Gasteiger partial charge in [-0.2, -0.15) is 0 Å². The van der Waals surface area contributed by atoms with Crippen molar-refractivity contribution in [2.45, 2.75) is 65.0 Å². The fraction of sp³-hybridized carbons (Fsp3) is 0.630. The van der Waals surface area contributed by atoms with Gasteiger partial charge in [0.15, 0.2) is 0 Å². The number of rotatable bonds is 2. The van der Waals surface area contributed by atoms with E-state index >= 15 is 0 Å². The number of carbonyl (C=O) groups excluding carboxylic acids is 2. The monoisotopic (exact) mass is 472 g/mol. The Kier molecular flexibility index (Phi) is 11.1. The Morgan fingerprint density at radius 1 is 0.912 bits per heavy atom. The Hall–Kier alpha value is -2.22. The summed E-state index contributed by atoms with van der Waals surface area (Å²) in [5.74, 6) is -0.0861. The van der Waals surface area contributed by atoms with Crippen molar-refractivity contribution >= 4 is 11.8 Å². The lowest BCUT2D eigenvalue weighted by molar-refractivity contribution is -0.131. The number of fused-ring (bicyclic) bond motifs is 1. The Morgan fingerprint density at radius 2 is 1.62 bits per heavy atom. The summed E-state index contributed by atoms with van der Waals surface area (Å²) in [4.78, 5) is 28.8. The number of nitrogens with zero attached hydrogens (tertiary/aromatic N) is 1. The molecule has 1 atom stereocenters. The summed E-state index contributed by atoms with van der Waals surface area (Å²) in [6.45, 7) is 8.40. The first-order valence-corrected chi connectivity index (χ1v) is 12.9. The molecule has 1 N–H and O–H groups in total. The molecule has 188 valence electrons. The van der Waals surface area contributed by atoms with Crippen molar-refractivity contribution in [1.29, 1.82) is 0 Å². The molecule has 2 aliphatic heterocycles. The van der Waals surface area contributed by atoms with Gasteiger partial charge in [-0.1, -0.05) is 37.6 Å². The molecule has 0 radical (unpaired) electrons. The molecular formula is C27H40N2O5. The number of hydrogen-bond acceptors (Lipinski definition) is 5. The van der Waals surface area contributed by atoms with E-state index < -0.39 is 0 Å². The lowest BCUT2D eigenvalue weighted by Crippen LogP contribution is -2.47. The average molecular weight is 473 g/mol. The second kappa shape index (κ2) is 14.2. The number of ether oxygens (including phenoxy) is 3. The molecule has 1 aromatic carbocycles. The highest BCUT2D eigenvalue weighted by molar-refractivity contribution is 5.99. The minimum atomic E-state index is -0.301. The zero-order valence-electron chi connectivity index (χ0n) is 20.8. The molecular weight excluding hydrogens is 432 g/mol. The number of nitrogens with one attached hydrogen (secondary N) is 1. The van der Waals surface area contributed by atoms with Crippen LogP contribution in [0, 0.1) is 0 Å². The fourth-order valence-electron chi connectivity index (χ4n) is 4.45. The van der Waals surface area contributed by atoms with Crippen LogP contribution in [0.15, 0.2) is 35.4 Å². The van der Waals surface area contributed by atoms with E-state index in [0.29, 0.717) is 58.3 Å². The molecule has 2 amide bonds. The van der Waals surface area contributed by atoms with Gasteiger partial charge in [0.05, 0.1) is 39.1 Å². The van der Waals surface area contributed by atoms with Gasteiger partial charge in [0, 0.05) is 30.8 Å². The average Bonchev–Trinajstić information content (AvgIpc) is 2.85. The molecule has 1 aromatic rings. The molecule has 7 heteroatoms. The maximum absolute atomic E-state index is 13.6. The number of allylic oxidation sites excluding steroid dienone is 1. The molecule has 2 fully saturated rings. The van der Waals surface area contributed by atoms with Crippen molar-refractivity contribution < 1.29 is 23.8 Å². The van der Waals surface area contributed by atoms with Crippen LogP contribution in [0.3, 0.4) is 0 Å². The highest BCUT2D eigenvalue weighted by Gasteiger charge is 2.32. The minimum Gasteiger partial charge on any atom is -0.379 e. The molecule has 4 rings (SSSR count). The third-order valence-corrected chi connectivity index (χ3v) is 6.44. The standard InChI is InChI=1S/C25H34N2O5.C2H6/c28-24-21-9-2-1-6-20(21)18-32-17-16-30-13-4-3-10-22(26-24)23(19-7-5-8-19)25(29)27-11-14-31-15-12-27;1-2/h1-2,6,9,22H,3-5,7-8,10-18H2,(H,26,28);1-2H3. The van der Waals surface area contributed by atoms with Crippen LogP contribution < -0.4 is 5.32 Å². The molecule has 1 saturated carbocycles. The Labute approximate surface area is 203 Å². The molecule has 0 bridgehead atoms. The van der Waals surface area contributed by atoms with Gasteiger partial charge >= 0.3 is 0 Å². The highest BCUT2D eigenvalue weighted by Crippen LogP contribution is 2.33. The fourth-order valence-corrected chi connectivity index (χ4v) is 4.45.